The zero-order chi connectivity index (χ0) is 11.7. The van der Waals surface area contributed by atoms with E-state index in [4.69, 9.17) is 0 Å². The lowest BCUT2D eigenvalue weighted by Gasteiger charge is -2.36. The average Bonchev–Trinajstić information content (AvgIpc) is 3.01. The summed E-state index contributed by atoms with van der Waals surface area (Å²) < 4.78 is 0. The van der Waals surface area contributed by atoms with Gasteiger partial charge in [0.25, 0.3) is 0 Å². The van der Waals surface area contributed by atoms with Gasteiger partial charge in [-0.1, -0.05) is 42.7 Å². The molecule has 1 saturated heterocycles. The van der Waals surface area contributed by atoms with Crippen LogP contribution in [0.1, 0.15) is 43.2 Å². The van der Waals surface area contributed by atoms with Gasteiger partial charge in [0, 0.05) is 0 Å². The van der Waals surface area contributed by atoms with E-state index in [-0.39, 0.29) is 0 Å². The van der Waals surface area contributed by atoms with Gasteiger partial charge in [0.2, 0.25) is 0 Å². The van der Waals surface area contributed by atoms with Crippen molar-refractivity contribution in [1.82, 2.24) is 5.32 Å². The number of benzene rings is 1. The Bertz CT molecular complexity index is 384. The first kappa shape index (κ1) is 11.3. The Morgan fingerprint density at radius 1 is 1.24 bits per heavy atom. The van der Waals surface area contributed by atoms with Crippen molar-refractivity contribution >= 4 is 0 Å². The fourth-order valence-corrected chi connectivity index (χ4v) is 4.02. The van der Waals surface area contributed by atoms with Gasteiger partial charge in [-0.2, -0.15) is 0 Å². The Balaban J connectivity index is 1.98. The molecule has 1 aromatic carbocycles. The second kappa shape index (κ2) is 4.45. The van der Waals surface area contributed by atoms with E-state index >= 15 is 0 Å². The molecule has 1 nitrogen and oxygen atoms in total. The molecule has 2 fully saturated rings. The molecule has 1 heteroatoms. The van der Waals surface area contributed by atoms with E-state index in [0.29, 0.717) is 5.41 Å². The van der Waals surface area contributed by atoms with Crippen LogP contribution in [0.3, 0.4) is 0 Å². The first-order valence-corrected chi connectivity index (χ1v) is 7.09. The van der Waals surface area contributed by atoms with Gasteiger partial charge in [0.15, 0.2) is 0 Å². The van der Waals surface area contributed by atoms with Crippen molar-refractivity contribution in [2.24, 2.45) is 5.92 Å². The molecule has 2 aliphatic rings. The molecule has 92 valence electrons. The smallest absolute Gasteiger partial charge is 0.000610 e. The fourth-order valence-electron chi connectivity index (χ4n) is 4.02. The van der Waals surface area contributed by atoms with Gasteiger partial charge < -0.3 is 5.32 Å². The normalized spacial score (nSPS) is 27.5. The van der Waals surface area contributed by atoms with Crippen LogP contribution in [0, 0.1) is 12.8 Å². The van der Waals surface area contributed by atoms with E-state index in [1.165, 1.54) is 50.8 Å². The third-order valence-corrected chi connectivity index (χ3v) is 4.93. The Hall–Kier alpha value is -0.820. The second-order valence-electron chi connectivity index (χ2n) is 5.92. The van der Waals surface area contributed by atoms with Crippen molar-refractivity contribution in [2.75, 3.05) is 13.1 Å². The summed E-state index contributed by atoms with van der Waals surface area (Å²) >= 11 is 0. The predicted molar refractivity (Wildman–Crippen MR) is 72.3 cm³/mol. The Kier molecular flexibility index (Phi) is 2.96. The number of rotatable bonds is 2. The highest BCUT2D eigenvalue weighted by molar-refractivity contribution is 5.32. The Morgan fingerprint density at radius 2 is 2.06 bits per heavy atom. The molecule has 0 amide bonds. The summed E-state index contributed by atoms with van der Waals surface area (Å²) in [7, 11) is 0. The summed E-state index contributed by atoms with van der Waals surface area (Å²) in [5, 5.41) is 3.56. The summed E-state index contributed by atoms with van der Waals surface area (Å²) in [6.07, 6.45) is 7.02. The van der Waals surface area contributed by atoms with Crippen LogP contribution in [0.5, 0.6) is 0 Å². The number of hydrogen-bond acceptors (Lipinski definition) is 1. The SMILES string of the molecule is Cc1cccc(C2(C3CCNC3)CCCC2)c1. The monoisotopic (exact) mass is 229 g/mol. The topological polar surface area (TPSA) is 12.0 Å². The fraction of sp³-hybridized carbons (Fsp3) is 0.625. The molecule has 0 bridgehead atoms. The molecule has 0 spiro atoms. The third-order valence-electron chi connectivity index (χ3n) is 4.93. The van der Waals surface area contributed by atoms with E-state index in [1.54, 1.807) is 5.56 Å². The Morgan fingerprint density at radius 3 is 2.71 bits per heavy atom. The first-order valence-electron chi connectivity index (χ1n) is 7.09. The highest BCUT2D eigenvalue weighted by atomic mass is 14.9. The van der Waals surface area contributed by atoms with Crippen molar-refractivity contribution in [3.8, 4) is 0 Å². The molecule has 1 atom stereocenters. The summed E-state index contributed by atoms with van der Waals surface area (Å²) in [5.74, 6) is 0.867. The molecule has 0 aromatic heterocycles. The van der Waals surface area contributed by atoms with Gasteiger partial charge in [0.1, 0.15) is 0 Å². The molecular weight excluding hydrogens is 206 g/mol. The molecule has 3 rings (SSSR count). The molecule has 1 aromatic rings. The minimum absolute atomic E-state index is 0.496. The zero-order valence-electron chi connectivity index (χ0n) is 10.8. The molecule has 0 radical (unpaired) electrons. The first-order chi connectivity index (χ1) is 8.31. The largest absolute Gasteiger partial charge is 0.316 e. The molecular formula is C16H23N. The van der Waals surface area contributed by atoms with E-state index in [2.05, 4.69) is 36.5 Å². The number of aryl methyl sites for hydroxylation is 1. The highest BCUT2D eigenvalue weighted by Crippen LogP contribution is 2.48. The quantitative estimate of drug-likeness (QED) is 0.819. The van der Waals surface area contributed by atoms with Crippen LogP contribution in [0.2, 0.25) is 0 Å². The van der Waals surface area contributed by atoms with Gasteiger partial charge in [0.05, 0.1) is 0 Å². The maximum atomic E-state index is 3.56. The minimum Gasteiger partial charge on any atom is -0.316 e. The second-order valence-corrected chi connectivity index (χ2v) is 5.92. The van der Waals surface area contributed by atoms with Crippen molar-refractivity contribution in [3.63, 3.8) is 0 Å². The van der Waals surface area contributed by atoms with Crippen molar-refractivity contribution in [2.45, 2.75) is 44.4 Å². The van der Waals surface area contributed by atoms with Crippen molar-refractivity contribution in [3.05, 3.63) is 35.4 Å². The molecule has 1 saturated carbocycles. The minimum atomic E-state index is 0.496. The summed E-state index contributed by atoms with van der Waals surface area (Å²) in [6, 6.07) is 9.27. The van der Waals surface area contributed by atoms with Crippen molar-refractivity contribution < 1.29 is 0 Å². The van der Waals surface area contributed by atoms with Crippen LogP contribution in [-0.4, -0.2) is 13.1 Å². The van der Waals surface area contributed by atoms with Crippen molar-refractivity contribution in [1.29, 1.82) is 0 Å². The van der Waals surface area contributed by atoms with E-state index in [1.807, 2.05) is 0 Å². The van der Waals surface area contributed by atoms with Gasteiger partial charge in [-0.05, 0) is 56.2 Å². The highest BCUT2D eigenvalue weighted by Gasteiger charge is 2.43. The average molecular weight is 229 g/mol. The molecule has 17 heavy (non-hydrogen) atoms. The van der Waals surface area contributed by atoms with Crippen LogP contribution < -0.4 is 5.32 Å². The molecule has 1 heterocycles. The Labute approximate surface area is 105 Å². The van der Waals surface area contributed by atoms with Crippen LogP contribution in [0.4, 0.5) is 0 Å². The lowest BCUT2D eigenvalue weighted by molar-refractivity contribution is 0.291. The lowest BCUT2D eigenvalue weighted by Crippen LogP contribution is -2.34. The predicted octanol–water partition coefficient (Wildman–Crippen LogP) is 3.42. The number of hydrogen-bond donors (Lipinski definition) is 1. The maximum absolute atomic E-state index is 3.56. The van der Waals surface area contributed by atoms with E-state index in [0.717, 1.165) is 5.92 Å². The molecule has 1 unspecified atom stereocenters. The van der Waals surface area contributed by atoms with Crippen LogP contribution in [0.25, 0.3) is 0 Å². The molecule has 1 aliphatic carbocycles. The van der Waals surface area contributed by atoms with Crippen LogP contribution in [0.15, 0.2) is 24.3 Å². The maximum Gasteiger partial charge on any atom is -0.000610 e. The van der Waals surface area contributed by atoms with Gasteiger partial charge >= 0.3 is 0 Å². The summed E-state index contributed by atoms with van der Waals surface area (Å²) in [4.78, 5) is 0. The third kappa shape index (κ3) is 1.91. The molecule has 1 aliphatic heterocycles. The van der Waals surface area contributed by atoms with Gasteiger partial charge in [-0.15, -0.1) is 0 Å². The standard InChI is InChI=1S/C16H23N/c1-13-5-4-6-14(11-13)16(8-2-3-9-16)15-7-10-17-12-15/h4-6,11,15,17H,2-3,7-10,12H2,1H3. The molecule has 1 N–H and O–H groups in total. The number of nitrogens with one attached hydrogen (secondary N) is 1. The zero-order valence-corrected chi connectivity index (χ0v) is 10.8. The lowest BCUT2D eigenvalue weighted by atomic mass is 9.68. The van der Waals surface area contributed by atoms with Crippen LogP contribution in [-0.2, 0) is 5.41 Å². The van der Waals surface area contributed by atoms with Crippen LogP contribution >= 0.6 is 0 Å². The van der Waals surface area contributed by atoms with E-state index < -0.39 is 0 Å². The van der Waals surface area contributed by atoms with Gasteiger partial charge in [-0.25, -0.2) is 0 Å². The van der Waals surface area contributed by atoms with E-state index in [9.17, 15) is 0 Å². The summed E-state index contributed by atoms with van der Waals surface area (Å²) in [6.45, 7) is 4.67. The van der Waals surface area contributed by atoms with Gasteiger partial charge in [-0.3, -0.25) is 0 Å². The summed E-state index contributed by atoms with van der Waals surface area (Å²) in [5.41, 5.74) is 3.53.